The number of aliphatic hydroxyl groups excluding tert-OH is 1. The van der Waals surface area contributed by atoms with Crippen LogP contribution in [0.5, 0.6) is 0 Å². The smallest absolute Gasteiger partial charge is 0.306 e. The monoisotopic (exact) mass is 498 g/mol. The molecule has 0 aliphatic carbocycles. The Labute approximate surface area is 214 Å². The first-order valence-corrected chi connectivity index (χ1v) is 12.6. The molecular formula is C29H42N2O5. The van der Waals surface area contributed by atoms with Gasteiger partial charge in [-0.25, -0.2) is 0 Å². The molecule has 0 aliphatic rings. The van der Waals surface area contributed by atoms with Crippen LogP contribution in [-0.4, -0.2) is 45.4 Å². The van der Waals surface area contributed by atoms with Crippen LogP contribution < -0.4 is 11.5 Å². The Hall–Kier alpha value is -2.58. The lowest BCUT2D eigenvalue weighted by Gasteiger charge is -2.35. The average Bonchev–Trinajstić information content (AvgIpc) is 2.81. The summed E-state index contributed by atoms with van der Waals surface area (Å²) in [5.74, 6) is -2.49. The second-order valence-corrected chi connectivity index (χ2v) is 10.8. The Morgan fingerprint density at radius 2 is 1.50 bits per heavy atom. The second kappa shape index (κ2) is 13.1. The highest BCUT2D eigenvalue weighted by molar-refractivity contribution is 5.89. The van der Waals surface area contributed by atoms with Crippen molar-refractivity contribution >= 4 is 11.8 Å². The van der Waals surface area contributed by atoms with Crippen molar-refractivity contribution in [2.24, 2.45) is 23.3 Å². The molecule has 36 heavy (non-hydrogen) atoms. The molecule has 3 unspecified atom stereocenters. The predicted molar refractivity (Wildman–Crippen MR) is 141 cm³/mol. The van der Waals surface area contributed by atoms with Crippen LogP contribution >= 0.6 is 0 Å². The van der Waals surface area contributed by atoms with Gasteiger partial charge in [0.15, 0.2) is 11.5 Å². The van der Waals surface area contributed by atoms with E-state index in [0.29, 0.717) is 19.3 Å². The number of aryl methyl sites for hydroxylation is 1. The molecule has 0 heterocycles. The Kier molecular flexibility index (Phi) is 10.8. The molecule has 6 N–H and O–H groups in total. The molecule has 0 bridgehead atoms. The zero-order valence-electron chi connectivity index (χ0n) is 21.9. The predicted octanol–water partition coefficient (Wildman–Crippen LogP) is 3.14. The third-order valence-electron chi connectivity index (χ3n) is 6.29. The van der Waals surface area contributed by atoms with E-state index in [0.717, 1.165) is 11.1 Å². The van der Waals surface area contributed by atoms with Gasteiger partial charge in [-0.15, -0.1) is 0 Å². The summed E-state index contributed by atoms with van der Waals surface area (Å²) in [7, 11) is 0. The van der Waals surface area contributed by atoms with Crippen molar-refractivity contribution in [3.8, 4) is 0 Å². The van der Waals surface area contributed by atoms with Crippen molar-refractivity contribution in [2.45, 2.75) is 83.3 Å². The highest BCUT2D eigenvalue weighted by atomic mass is 16.6. The number of carbonyl (C=O) groups is 2. The summed E-state index contributed by atoms with van der Waals surface area (Å²) in [6.07, 6.45) is 0.699. The molecule has 5 atom stereocenters. The summed E-state index contributed by atoms with van der Waals surface area (Å²) in [6, 6.07) is 18.0. The minimum Gasteiger partial charge on any atom is -0.460 e. The van der Waals surface area contributed by atoms with Crippen molar-refractivity contribution in [3.05, 3.63) is 71.8 Å². The minimum atomic E-state index is -2.37. The van der Waals surface area contributed by atoms with E-state index < -0.39 is 47.1 Å². The number of rotatable bonds is 13. The van der Waals surface area contributed by atoms with E-state index in [9.17, 15) is 19.8 Å². The molecule has 0 spiro atoms. The van der Waals surface area contributed by atoms with Gasteiger partial charge in [0.05, 0.1) is 12.1 Å². The third kappa shape index (κ3) is 9.47. The molecule has 0 aliphatic heterocycles. The van der Waals surface area contributed by atoms with Crippen LogP contribution in [0, 0.1) is 11.8 Å². The van der Waals surface area contributed by atoms with Crippen LogP contribution in [0.3, 0.4) is 0 Å². The Morgan fingerprint density at radius 3 is 2.03 bits per heavy atom. The first-order valence-electron chi connectivity index (χ1n) is 12.6. The number of Topliss-reactive ketones (excluding diaryl/α,β-unsaturated/α-hetero) is 1. The second-order valence-electron chi connectivity index (χ2n) is 10.8. The lowest BCUT2D eigenvalue weighted by molar-refractivity contribution is -0.158. The molecule has 0 saturated heterocycles. The number of benzene rings is 2. The molecule has 2 aromatic rings. The molecule has 0 amide bonds. The topological polar surface area (TPSA) is 136 Å². The maximum atomic E-state index is 13.6. The lowest BCUT2D eigenvalue weighted by Crippen LogP contribution is -2.65. The number of ketones is 1. The number of hydrogen-bond donors (Lipinski definition) is 4. The van der Waals surface area contributed by atoms with Gasteiger partial charge < -0.3 is 20.7 Å². The number of hydrogen-bond acceptors (Lipinski definition) is 7. The van der Waals surface area contributed by atoms with Crippen molar-refractivity contribution in [1.82, 2.24) is 0 Å². The highest BCUT2D eigenvalue weighted by Crippen LogP contribution is 2.26. The SMILES string of the molecule is CC(CC(=O)OC(C)(C)C)[C@@H](N)C(N)(O)C(=O)C(Cc1ccccc1)C[C@@H](O)CCc1ccccc1. The quantitative estimate of drug-likeness (QED) is 0.246. The van der Waals surface area contributed by atoms with Crippen molar-refractivity contribution in [3.63, 3.8) is 0 Å². The Balaban J connectivity index is 2.13. The van der Waals surface area contributed by atoms with Crippen LogP contribution in [0.4, 0.5) is 0 Å². The lowest BCUT2D eigenvalue weighted by atomic mass is 9.79. The molecule has 0 aromatic heterocycles. The molecule has 2 aromatic carbocycles. The number of nitrogens with two attached hydrogens (primary N) is 2. The van der Waals surface area contributed by atoms with E-state index >= 15 is 0 Å². The van der Waals surface area contributed by atoms with Gasteiger partial charge in [0.2, 0.25) is 0 Å². The van der Waals surface area contributed by atoms with Crippen LogP contribution in [0.25, 0.3) is 0 Å². The first-order chi connectivity index (χ1) is 16.8. The summed E-state index contributed by atoms with van der Waals surface area (Å²) in [6.45, 7) is 6.93. The van der Waals surface area contributed by atoms with Crippen molar-refractivity contribution < 1.29 is 24.5 Å². The fourth-order valence-electron chi connectivity index (χ4n) is 4.30. The van der Waals surface area contributed by atoms with E-state index in [2.05, 4.69) is 0 Å². The maximum Gasteiger partial charge on any atom is 0.306 e. The summed E-state index contributed by atoms with van der Waals surface area (Å²) in [5.41, 5.74) is 11.3. The van der Waals surface area contributed by atoms with E-state index in [1.54, 1.807) is 27.7 Å². The van der Waals surface area contributed by atoms with Gasteiger partial charge in [-0.05, 0) is 63.5 Å². The largest absolute Gasteiger partial charge is 0.460 e. The summed E-state index contributed by atoms with van der Waals surface area (Å²) in [4.78, 5) is 25.8. The van der Waals surface area contributed by atoms with Crippen LogP contribution in [0.15, 0.2) is 60.7 Å². The summed E-state index contributed by atoms with van der Waals surface area (Å²) in [5, 5.41) is 21.9. The van der Waals surface area contributed by atoms with Crippen LogP contribution in [0.2, 0.25) is 0 Å². The molecular weight excluding hydrogens is 456 g/mol. The molecule has 198 valence electrons. The number of ether oxygens (including phenoxy) is 1. The van der Waals surface area contributed by atoms with E-state index in [-0.39, 0.29) is 12.8 Å². The first kappa shape index (κ1) is 29.6. The molecule has 7 nitrogen and oxygen atoms in total. The average molecular weight is 499 g/mol. The van der Waals surface area contributed by atoms with Crippen molar-refractivity contribution in [2.75, 3.05) is 0 Å². The number of carbonyl (C=O) groups excluding carboxylic acids is 2. The molecule has 0 radical (unpaired) electrons. The van der Waals surface area contributed by atoms with Crippen LogP contribution in [0.1, 0.15) is 58.1 Å². The summed E-state index contributed by atoms with van der Waals surface area (Å²) >= 11 is 0. The van der Waals surface area contributed by atoms with Gasteiger partial charge >= 0.3 is 5.97 Å². The van der Waals surface area contributed by atoms with Gasteiger partial charge in [0.25, 0.3) is 0 Å². The van der Waals surface area contributed by atoms with E-state index in [4.69, 9.17) is 16.2 Å². The van der Waals surface area contributed by atoms with Gasteiger partial charge in [0.1, 0.15) is 5.60 Å². The van der Waals surface area contributed by atoms with Crippen molar-refractivity contribution in [1.29, 1.82) is 0 Å². The van der Waals surface area contributed by atoms with Gasteiger partial charge in [-0.3, -0.25) is 15.3 Å². The molecule has 0 saturated carbocycles. The normalized spacial score (nSPS) is 16.9. The zero-order valence-corrected chi connectivity index (χ0v) is 21.9. The number of aliphatic hydroxyl groups is 2. The third-order valence-corrected chi connectivity index (χ3v) is 6.29. The summed E-state index contributed by atoms with van der Waals surface area (Å²) < 4.78 is 5.34. The molecule has 7 heteroatoms. The van der Waals surface area contributed by atoms with E-state index in [1.807, 2.05) is 60.7 Å². The molecule has 0 fully saturated rings. The minimum absolute atomic E-state index is 0.0890. The van der Waals surface area contributed by atoms with Gasteiger partial charge in [-0.1, -0.05) is 67.6 Å². The Morgan fingerprint density at radius 1 is 0.972 bits per heavy atom. The fourth-order valence-corrected chi connectivity index (χ4v) is 4.30. The number of esters is 1. The fraction of sp³-hybridized carbons (Fsp3) is 0.517. The Bertz CT molecular complexity index is 957. The van der Waals surface area contributed by atoms with Gasteiger partial charge in [0, 0.05) is 12.3 Å². The molecule has 2 rings (SSSR count). The zero-order chi connectivity index (χ0) is 26.9. The highest BCUT2D eigenvalue weighted by Gasteiger charge is 2.44. The maximum absolute atomic E-state index is 13.6. The van der Waals surface area contributed by atoms with Gasteiger partial charge in [-0.2, -0.15) is 0 Å². The van der Waals surface area contributed by atoms with E-state index in [1.165, 1.54) is 0 Å². The van der Waals surface area contributed by atoms with Crippen LogP contribution in [-0.2, 0) is 27.2 Å². The standard InChI is InChI=1S/C29H42N2O5/c1-20(17-25(33)36-28(2,3)4)26(30)29(31,35)27(34)23(18-22-13-9-6-10-14-22)19-24(32)16-15-21-11-7-5-8-12-21/h5-14,20,23-24,26,32,35H,15-19,30-31H2,1-4H3/t20?,23?,24-,26+,29?/m0/s1.